The SMILES string of the molecule is Cl.Cn1ccc2c(Nc3ccc(Cl)c(Cl)c3)ncc(C(=O)N3CCS(O)(O)CC3)c21. The molecule has 1 aliphatic heterocycles. The van der Waals surface area contributed by atoms with Crippen molar-refractivity contribution in [1.82, 2.24) is 14.5 Å². The summed E-state index contributed by atoms with van der Waals surface area (Å²) in [4.78, 5) is 19.2. The largest absolute Gasteiger partial charge is 0.350 e. The van der Waals surface area contributed by atoms with Crippen LogP contribution in [0.3, 0.4) is 0 Å². The fourth-order valence-electron chi connectivity index (χ4n) is 3.38. The molecule has 3 aromatic rings. The standard InChI is InChI=1S/C19H20Cl2N4O3S.ClH/c1-24-5-4-13-17(24)14(19(26)25-6-8-29(27,28)9-7-25)11-22-18(13)23-12-2-3-15(20)16(21)10-12;/h2-5,10-11,27-28H,6-9H2,1H3,(H,22,23);1H. The molecule has 1 saturated heterocycles. The number of carbonyl (C=O) groups excluding carboxylic acids is 1. The lowest BCUT2D eigenvalue weighted by molar-refractivity contribution is 0.0769. The number of carbonyl (C=O) groups is 1. The molecule has 2 aromatic heterocycles. The Morgan fingerprint density at radius 3 is 2.53 bits per heavy atom. The molecule has 0 unspecified atom stereocenters. The van der Waals surface area contributed by atoms with Crippen molar-refractivity contribution in [2.45, 2.75) is 0 Å². The van der Waals surface area contributed by atoms with Crippen molar-refractivity contribution in [3.05, 3.63) is 52.3 Å². The topological polar surface area (TPSA) is 90.6 Å². The molecule has 1 aliphatic rings. The van der Waals surface area contributed by atoms with Crippen molar-refractivity contribution in [1.29, 1.82) is 0 Å². The zero-order valence-corrected chi connectivity index (χ0v) is 19.2. The molecule has 7 nitrogen and oxygen atoms in total. The number of pyridine rings is 1. The molecule has 0 bridgehead atoms. The van der Waals surface area contributed by atoms with Gasteiger partial charge in [-0.25, -0.2) is 4.98 Å². The highest BCUT2D eigenvalue weighted by Gasteiger charge is 2.28. The summed E-state index contributed by atoms with van der Waals surface area (Å²) in [7, 11) is -0.694. The van der Waals surface area contributed by atoms with Crippen LogP contribution in [-0.2, 0) is 7.05 Å². The predicted octanol–water partition coefficient (Wildman–Crippen LogP) is 5.25. The lowest BCUT2D eigenvalue weighted by Gasteiger charge is -2.40. The van der Waals surface area contributed by atoms with Crippen molar-refractivity contribution < 1.29 is 13.9 Å². The van der Waals surface area contributed by atoms with Crippen molar-refractivity contribution in [3.8, 4) is 0 Å². The zero-order valence-electron chi connectivity index (χ0n) is 16.0. The van der Waals surface area contributed by atoms with Gasteiger partial charge < -0.3 is 14.8 Å². The number of amides is 1. The molecule has 162 valence electrons. The molecule has 30 heavy (non-hydrogen) atoms. The molecular formula is C19H21Cl3N4O3S. The molecule has 11 heteroatoms. The second kappa shape index (κ2) is 8.82. The van der Waals surface area contributed by atoms with E-state index in [1.54, 1.807) is 29.3 Å². The van der Waals surface area contributed by atoms with Gasteiger partial charge in [-0.05, 0) is 24.3 Å². The number of nitrogens with zero attached hydrogens (tertiary/aromatic N) is 3. The fraction of sp³-hybridized carbons (Fsp3) is 0.263. The van der Waals surface area contributed by atoms with Gasteiger partial charge in [0.25, 0.3) is 5.91 Å². The van der Waals surface area contributed by atoms with Gasteiger partial charge in [0.05, 0.1) is 32.6 Å². The number of fused-ring (bicyclic) bond motifs is 1. The van der Waals surface area contributed by atoms with Gasteiger partial charge >= 0.3 is 0 Å². The minimum atomic E-state index is -2.56. The Balaban J connectivity index is 0.00000256. The number of hydrogen-bond acceptors (Lipinski definition) is 5. The van der Waals surface area contributed by atoms with Crippen LogP contribution in [0.25, 0.3) is 10.9 Å². The monoisotopic (exact) mass is 490 g/mol. The lowest BCUT2D eigenvalue weighted by Crippen LogP contribution is -2.42. The van der Waals surface area contributed by atoms with Crippen LogP contribution in [0.5, 0.6) is 0 Å². The van der Waals surface area contributed by atoms with E-state index in [0.717, 1.165) is 16.6 Å². The van der Waals surface area contributed by atoms with E-state index in [0.29, 0.717) is 34.5 Å². The van der Waals surface area contributed by atoms with Crippen LogP contribution in [0.4, 0.5) is 11.5 Å². The van der Waals surface area contributed by atoms with Crippen molar-refractivity contribution >= 4 is 74.5 Å². The Hall–Kier alpha value is -1.68. The summed E-state index contributed by atoms with van der Waals surface area (Å²) < 4.78 is 21.5. The first-order chi connectivity index (χ1) is 13.7. The highest BCUT2D eigenvalue weighted by atomic mass is 35.5. The van der Waals surface area contributed by atoms with E-state index in [2.05, 4.69) is 10.3 Å². The van der Waals surface area contributed by atoms with Gasteiger partial charge in [-0.3, -0.25) is 13.9 Å². The number of rotatable bonds is 3. The predicted molar refractivity (Wildman–Crippen MR) is 126 cm³/mol. The molecule has 0 saturated carbocycles. The third kappa shape index (κ3) is 4.49. The number of hydrogen-bond donors (Lipinski definition) is 3. The highest BCUT2D eigenvalue weighted by Crippen LogP contribution is 2.40. The smallest absolute Gasteiger partial charge is 0.257 e. The minimum Gasteiger partial charge on any atom is -0.350 e. The molecule has 3 heterocycles. The van der Waals surface area contributed by atoms with E-state index in [4.69, 9.17) is 23.2 Å². The van der Waals surface area contributed by atoms with E-state index >= 15 is 0 Å². The van der Waals surface area contributed by atoms with Crippen LogP contribution < -0.4 is 5.32 Å². The number of nitrogens with one attached hydrogen (secondary N) is 1. The molecule has 0 atom stereocenters. The van der Waals surface area contributed by atoms with Crippen LogP contribution in [0.15, 0.2) is 36.7 Å². The maximum atomic E-state index is 13.1. The van der Waals surface area contributed by atoms with E-state index in [1.165, 1.54) is 0 Å². The summed E-state index contributed by atoms with van der Waals surface area (Å²) in [5.74, 6) is 0.849. The maximum absolute atomic E-state index is 13.1. The molecule has 0 aliphatic carbocycles. The fourth-order valence-corrected chi connectivity index (χ4v) is 4.91. The van der Waals surface area contributed by atoms with Crippen LogP contribution in [0.1, 0.15) is 10.4 Å². The van der Waals surface area contributed by atoms with Crippen LogP contribution in [0.2, 0.25) is 10.0 Å². The molecule has 1 aromatic carbocycles. The summed E-state index contributed by atoms with van der Waals surface area (Å²) in [6.45, 7) is 0.632. The molecule has 4 rings (SSSR count). The second-order valence-corrected chi connectivity index (χ2v) is 10.2. The number of aromatic nitrogens is 2. The normalized spacial score (nSPS) is 16.8. The molecule has 3 N–H and O–H groups in total. The van der Waals surface area contributed by atoms with Gasteiger partial charge in [0.2, 0.25) is 0 Å². The third-order valence-corrected chi connectivity index (χ3v) is 7.39. The number of anilines is 2. The van der Waals surface area contributed by atoms with Crippen LogP contribution in [-0.4, -0.2) is 54.1 Å². The number of halogens is 3. The van der Waals surface area contributed by atoms with E-state index < -0.39 is 10.6 Å². The van der Waals surface area contributed by atoms with Crippen molar-refractivity contribution in [2.75, 3.05) is 29.9 Å². The van der Waals surface area contributed by atoms with E-state index in [-0.39, 0.29) is 29.8 Å². The van der Waals surface area contributed by atoms with Crippen molar-refractivity contribution in [3.63, 3.8) is 0 Å². The quantitative estimate of drug-likeness (QED) is 0.465. The summed E-state index contributed by atoms with van der Waals surface area (Å²) in [6, 6.07) is 7.11. The molecule has 1 amide bonds. The highest BCUT2D eigenvalue weighted by molar-refractivity contribution is 8.24. The Bertz CT molecular complexity index is 1100. The average Bonchev–Trinajstić information content (AvgIpc) is 3.07. The summed E-state index contributed by atoms with van der Waals surface area (Å²) >= 11 is 12.1. The summed E-state index contributed by atoms with van der Waals surface area (Å²) in [5, 5.41) is 4.93. The summed E-state index contributed by atoms with van der Waals surface area (Å²) in [6.07, 6.45) is 3.42. The Labute approximate surface area is 191 Å². The summed E-state index contributed by atoms with van der Waals surface area (Å²) in [5.41, 5.74) is 1.97. The van der Waals surface area contributed by atoms with Gasteiger partial charge in [-0.2, -0.15) is 10.6 Å². The van der Waals surface area contributed by atoms with Crippen LogP contribution in [0, 0.1) is 0 Å². The first kappa shape index (κ1) is 23.0. The Kier molecular flexibility index (Phi) is 6.76. The van der Waals surface area contributed by atoms with Gasteiger partial charge in [0.15, 0.2) is 0 Å². The van der Waals surface area contributed by atoms with Gasteiger partial charge in [0.1, 0.15) is 5.82 Å². The van der Waals surface area contributed by atoms with E-state index in [9.17, 15) is 13.9 Å². The first-order valence-corrected chi connectivity index (χ1v) is 11.6. The number of aryl methyl sites for hydroxylation is 1. The molecule has 1 fully saturated rings. The van der Waals surface area contributed by atoms with Gasteiger partial charge in [-0.1, -0.05) is 23.2 Å². The van der Waals surface area contributed by atoms with Gasteiger partial charge in [0, 0.05) is 43.6 Å². The number of benzene rings is 1. The average molecular weight is 492 g/mol. The maximum Gasteiger partial charge on any atom is 0.257 e. The third-order valence-electron chi connectivity index (χ3n) is 4.98. The van der Waals surface area contributed by atoms with Crippen LogP contribution >= 0.6 is 46.2 Å². The molecular weight excluding hydrogens is 471 g/mol. The minimum absolute atomic E-state index is 0. The Morgan fingerprint density at radius 2 is 1.87 bits per heavy atom. The zero-order chi connectivity index (χ0) is 20.8. The second-order valence-electron chi connectivity index (χ2n) is 6.97. The first-order valence-electron chi connectivity index (χ1n) is 8.94. The lowest BCUT2D eigenvalue weighted by atomic mass is 10.1. The van der Waals surface area contributed by atoms with Gasteiger partial charge in [-0.15, -0.1) is 12.4 Å². The Morgan fingerprint density at radius 1 is 1.17 bits per heavy atom. The molecule has 0 radical (unpaired) electrons. The van der Waals surface area contributed by atoms with Crippen molar-refractivity contribution in [2.24, 2.45) is 7.05 Å². The molecule has 0 spiro atoms. The van der Waals surface area contributed by atoms with E-state index in [1.807, 2.05) is 23.9 Å².